The fraction of sp³-hybridized carbons (Fsp3) is 0.273. The molecule has 1 unspecified atom stereocenters. The lowest BCUT2D eigenvalue weighted by Gasteiger charge is -2.31. The van der Waals surface area contributed by atoms with Gasteiger partial charge in [0.2, 0.25) is 0 Å². The molecule has 1 fully saturated rings. The first-order chi connectivity index (χ1) is 14.1. The summed E-state index contributed by atoms with van der Waals surface area (Å²) in [5.74, 6) is -1.48. The van der Waals surface area contributed by atoms with Crippen LogP contribution in [0.15, 0.2) is 59.4 Å². The van der Waals surface area contributed by atoms with E-state index in [-0.39, 0.29) is 22.4 Å². The number of nitrogens with zero attached hydrogens (tertiary/aromatic N) is 3. The molecule has 0 radical (unpaired) electrons. The number of likely N-dealkylation sites (tertiary alicyclic amines) is 1. The van der Waals surface area contributed by atoms with Gasteiger partial charge >= 0.3 is 5.97 Å². The van der Waals surface area contributed by atoms with Crippen molar-refractivity contribution < 1.29 is 14.7 Å². The van der Waals surface area contributed by atoms with Gasteiger partial charge in [0.1, 0.15) is 0 Å². The van der Waals surface area contributed by atoms with Crippen molar-refractivity contribution in [2.45, 2.75) is 25.3 Å². The fourth-order valence-electron chi connectivity index (χ4n) is 3.85. The Kier molecular flexibility index (Phi) is 5.12. The summed E-state index contributed by atoms with van der Waals surface area (Å²) in [5.41, 5.74) is -0.123. The van der Waals surface area contributed by atoms with E-state index in [9.17, 15) is 19.5 Å². The number of hydrogen-bond donors (Lipinski definition) is 1. The van der Waals surface area contributed by atoms with Gasteiger partial charge in [0, 0.05) is 18.5 Å². The largest absolute Gasteiger partial charge is 0.476 e. The molecule has 2 aromatic carbocycles. The molecule has 1 saturated heterocycles. The molecule has 7 nitrogen and oxygen atoms in total. The summed E-state index contributed by atoms with van der Waals surface area (Å²) in [6.07, 6.45) is 2.89. The van der Waals surface area contributed by atoms with Gasteiger partial charge in [0.15, 0.2) is 11.7 Å². The van der Waals surface area contributed by atoms with Crippen LogP contribution in [0.25, 0.3) is 10.8 Å². The van der Waals surface area contributed by atoms with Crippen LogP contribution in [-0.2, 0) is 4.79 Å². The van der Waals surface area contributed by atoms with Gasteiger partial charge in [-0.25, -0.2) is 9.48 Å². The highest BCUT2D eigenvalue weighted by Crippen LogP contribution is 2.23. The second-order valence-electron chi connectivity index (χ2n) is 7.15. The number of piperidine rings is 1. The molecule has 0 bridgehead atoms. The number of carboxylic acid groups (broad SMARTS) is 1. The molecule has 1 N–H and O–H groups in total. The van der Waals surface area contributed by atoms with Crippen molar-refractivity contribution in [2.75, 3.05) is 13.1 Å². The van der Waals surface area contributed by atoms with Crippen molar-refractivity contribution in [1.29, 1.82) is 0 Å². The van der Waals surface area contributed by atoms with Crippen LogP contribution in [0.4, 0.5) is 0 Å². The lowest BCUT2D eigenvalue weighted by Crippen LogP contribution is -2.44. The van der Waals surface area contributed by atoms with Crippen LogP contribution in [0, 0.1) is 0 Å². The standard InChI is InChI=1S/C22H21N3O4/c26-20-17-12-6-5-11-16(17)18(22(28)29)23-25(20)19(15-9-3-1-4-10-15)21(27)24-13-7-2-8-14-24/h1,3-6,9-12,19H,2,7-8,13-14H2,(H,28,29). The second-order valence-corrected chi connectivity index (χ2v) is 7.15. The number of aromatic nitrogens is 2. The number of hydrogen-bond acceptors (Lipinski definition) is 4. The van der Waals surface area contributed by atoms with Crippen LogP contribution in [0.1, 0.15) is 41.4 Å². The maximum Gasteiger partial charge on any atom is 0.357 e. The highest BCUT2D eigenvalue weighted by atomic mass is 16.4. The Hall–Kier alpha value is -3.48. The van der Waals surface area contributed by atoms with Gasteiger partial charge in [-0.2, -0.15) is 5.10 Å². The lowest BCUT2D eigenvalue weighted by atomic mass is 10.0. The molecule has 1 aliphatic rings. The summed E-state index contributed by atoms with van der Waals surface area (Å²) >= 11 is 0. The van der Waals surface area contributed by atoms with Crippen LogP contribution < -0.4 is 5.56 Å². The molecular formula is C22H21N3O4. The van der Waals surface area contributed by atoms with Crippen LogP contribution in [0.2, 0.25) is 0 Å². The summed E-state index contributed by atoms with van der Waals surface area (Å²) < 4.78 is 1.04. The Bertz CT molecular complexity index is 1120. The average molecular weight is 391 g/mol. The first-order valence-electron chi connectivity index (χ1n) is 9.66. The molecule has 3 aromatic rings. The summed E-state index contributed by atoms with van der Waals surface area (Å²) in [6, 6.07) is 14.4. The molecule has 1 atom stereocenters. The SMILES string of the molecule is O=C(O)c1nn(C(C(=O)N2CCCCC2)c2ccccc2)c(=O)c2ccccc12. The minimum atomic E-state index is -1.24. The summed E-state index contributed by atoms with van der Waals surface area (Å²) in [5, 5.41) is 14.3. The molecule has 1 amide bonds. The lowest BCUT2D eigenvalue weighted by molar-refractivity contribution is -0.134. The number of amides is 1. The molecule has 1 aliphatic heterocycles. The zero-order chi connectivity index (χ0) is 20.4. The van der Waals surface area contributed by atoms with E-state index in [0.717, 1.165) is 23.9 Å². The maximum absolute atomic E-state index is 13.4. The molecule has 0 saturated carbocycles. The highest BCUT2D eigenvalue weighted by molar-refractivity contribution is 6.01. The van der Waals surface area contributed by atoms with E-state index in [0.29, 0.717) is 18.7 Å². The van der Waals surface area contributed by atoms with E-state index in [1.54, 1.807) is 53.4 Å². The number of fused-ring (bicyclic) bond motifs is 1. The zero-order valence-corrected chi connectivity index (χ0v) is 15.8. The number of carboxylic acids is 1. The van der Waals surface area contributed by atoms with Gasteiger partial charge in [-0.05, 0) is 30.9 Å². The van der Waals surface area contributed by atoms with E-state index in [1.165, 1.54) is 0 Å². The molecule has 1 aromatic heterocycles. The Labute approximate surface area is 167 Å². The van der Waals surface area contributed by atoms with Crippen molar-refractivity contribution in [1.82, 2.24) is 14.7 Å². The van der Waals surface area contributed by atoms with Crippen LogP contribution >= 0.6 is 0 Å². The number of benzene rings is 2. The fourth-order valence-corrected chi connectivity index (χ4v) is 3.85. The third-order valence-electron chi connectivity index (χ3n) is 5.29. The Morgan fingerprint density at radius 2 is 1.52 bits per heavy atom. The first kappa shape index (κ1) is 18.9. The Morgan fingerprint density at radius 1 is 0.897 bits per heavy atom. The molecular weight excluding hydrogens is 370 g/mol. The quantitative estimate of drug-likeness (QED) is 0.738. The number of carbonyl (C=O) groups excluding carboxylic acids is 1. The van der Waals surface area contributed by atoms with Crippen molar-refractivity contribution in [3.63, 3.8) is 0 Å². The summed E-state index contributed by atoms with van der Waals surface area (Å²) in [4.78, 5) is 40.3. The Morgan fingerprint density at radius 3 is 2.17 bits per heavy atom. The van der Waals surface area contributed by atoms with Crippen LogP contribution in [-0.4, -0.2) is 44.8 Å². The topological polar surface area (TPSA) is 92.5 Å². The summed E-state index contributed by atoms with van der Waals surface area (Å²) in [6.45, 7) is 1.24. The normalized spacial score (nSPS) is 15.2. The molecule has 0 spiro atoms. The van der Waals surface area contributed by atoms with Crippen LogP contribution in [0.5, 0.6) is 0 Å². The van der Waals surface area contributed by atoms with Crippen molar-refractivity contribution in [2.24, 2.45) is 0 Å². The molecule has 29 heavy (non-hydrogen) atoms. The summed E-state index contributed by atoms with van der Waals surface area (Å²) in [7, 11) is 0. The first-order valence-corrected chi connectivity index (χ1v) is 9.66. The number of aromatic carboxylic acids is 1. The monoisotopic (exact) mass is 391 g/mol. The van der Waals surface area contributed by atoms with Gasteiger partial charge in [-0.3, -0.25) is 9.59 Å². The Balaban J connectivity index is 1.94. The van der Waals surface area contributed by atoms with Gasteiger partial charge in [-0.1, -0.05) is 48.5 Å². The van der Waals surface area contributed by atoms with E-state index in [4.69, 9.17) is 0 Å². The average Bonchev–Trinajstić information content (AvgIpc) is 2.76. The van der Waals surface area contributed by atoms with Gasteiger partial charge < -0.3 is 10.0 Å². The molecule has 4 rings (SSSR count). The van der Waals surface area contributed by atoms with E-state index in [1.807, 2.05) is 6.07 Å². The molecule has 148 valence electrons. The predicted molar refractivity (Wildman–Crippen MR) is 108 cm³/mol. The molecule has 7 heteroatoms. The zero-order valence-electron chi connectivity index (χ0n) is 15.8. The maximum atomic E-state index is 13.4. The van der Waals surface area contributed by atoms with E-state index >= 15 is 0 Å². The van der Waals surface area contributed by atoms with Gasteiger partial charge in [-0.15, -0.1) is 0 Å². The van der Waals surface area contributed by atoms with Gasteiger partial charge in [0.05, 0.1) is 5.39 Å². The third-order valence-corrected chi connectivity index (χ3v) is 5.29. The number of rotatable bonds is 4. The minimum Gasteiger partial charge on any atom is -0.476 e. The number of carbonyl (C=O) groups is 2. The van der Waals surface area contributed by atoms with Gasteiger partial charge in [0.25, 0.3) is 11.5 Å². The molecule has 0 aliphatic carbocycles. The third kappa shape index (κ3) is 3.51. The smallest absolute Gasteiger partial charge is 0.357 e. The molecule has 2 heterocycles. The second kappa shape index (κ2) is 7.87. The van der Waals surface area contributed by atoms with Crippen molar-refractivity contribution >= 4 is 22.6 Å². The van der Waals surface area contributed by atoms with Crippen LogP contribution in [0.3, 0.4) is 0 Å². The van der Waals surface area contributed by atoms with Crippen molar-refractivity contribution in [3.05, 3.63) is 76.2 Å². The predicted octanol–water partition coefficient (Wildman–Crippen LogP) is 2.70. The minimum absolute atomic E-state index is 0.229. The van der Waals surface area contributed by atoms with E-state index < -0.39 is 17.6 Å². The van der Waals surface area contributed by atoms with Crippen molar-refractivity contribution in [3.8, 4) is 0 Å². The van der Waals surface area contributed by atoms with E-state index in [2.05, 4.69) is 5.10 Å². The highest BCUT2D eigenvalue weighted by Gasteiger charge is 2.31.